The fourth-order valence-corrected chi connectivity index (χ4v) is 1.26. The summed E-state index contributed by atoms with van der Waals surface area (Å²) in [4.78, 5) is 0. The minimum Gasteiger partial charge on any atom is -0.424 e. The molecular weight excluding hydrogens is 199 g/mol. The summed E-state index contributed by atoms with van der Waals surface area (Å²) in [6.07, 6.45) is 6.85. The number of hydrogen-bond donors (Lipinski definition) is 0. The Balaban J connectivity index is 0. The van der Waals surface area contributed by atoms with E-state index in [0.29, 0.717) is 6.61 Å². The molecule has 0 aliphatic rings. The van der Waals surface area contributed by atoms with E-state index in [1.807, 2.05) is 0 Å². The average molecular weight is 216 g/mol. The van der Waals surface area contributed by atoms with Gasteiger partial charge in [-0.1, -0.05) is 39.0 Å². The van der Waals surface area contributed by atoms with Crippen molar-refractivity contribution < 1.29 is 42.2 Å². The summed E-state index contributed by atoms with van der Waals surface area (Å²) in [5, 5.41) is 0. The van der Waals surface area contributed by atoms with Crippen LogP contribution >= 0.6 is 0 Å². The van der Waals surface area contributed by atoms with Crippen molar-refractivity contribution in [3.63, 3.8) is 0 Å². The van der Waals surface area contributed by atoms with Crippen LogP contribution in [0, 0.1) is 0 Å². The molecule has 0 spiro atoms. The van der Waals surface area contributed by atoms with Gasteiger partial charge in [0, 0.05) is 6.61 Å². The van der Waals surface area contributed by atoms with Gasteiger partial charge < -0.3 is 12.6 Å². The third kappa shape index (κ3) is 15.6. The van der Waals surface area contributed by atoms with Crippen molar-refractivity contribution in [1.82, 2.24) is 0 Å². The molecule has 0 N–H and O–H groups in total. The van der Waals surface area contributed by atoms with Crippen molar-refractivity contribution in [2.45, 2.75) is 45.4 Å². The molecule has 0 radical (unpaired) electrons. The smallest absolute Gasteiger partial charge is 0.424 e. The van der Waals surface area contributed by atoms with Crippen molar-refractivity contribution in [3.05, 3.63) is 0 Å². The van der Waals surface area contributed by atoms with Crippen molar-refractivity contribution in [2.75, 3.05) is 6.61 Å². The van der Waals surface area contributed by atoms with E-state index in [4.69, 9.17) is 0 Å². The Morgan fingerprint density at radius 1 is 1.00 bits per heavy atom. The molecule has 0 aliphatic heterocycles. The van der Waals surface area contributed by atoms with Gasteiger partial charge in [0.15, 0.2) is 0 Å². The quantitative estimate of drug-likeness (QED) is 0.315. The van der Waals surface area contributed by atoms with E-state index in [1.165, 1.54) is 25.7 Å². The van der Waals surface area contributed by atoms with Crippen LogP contribution in [0.15, 0.2) is 0 Å². The normalized spacial score (nSPS) is 10.0. The van der Waals surface area contributed by atoms with Gasteiger partial charge in [-0.2, -0.15) is 0 Å². The summed E-state index contributed by atoms with van der Waals surface area (Å²) < 4.78 is 24.2. The molecule has 0 aromatic carbocycles. The number of unbranched alkanes of at least 4 members (excludes halogenated alkanes) is 5. The molecule has 0 saturated carbocycles. The second kappa shape index (κ2) is 12.9. The van der Waals surface area contributed by atoms with E-state index in [9.17, 15) is 8.42 Å². The molecule has 0 aromatic heterocycles. The van der Waals surface area contributed by atoms with Crippen LogP contribution in [0.1, 0.15) is 45.4 Å². The average Bonchev–Trinajstić information content (AvgIpc) is 2.02. The summed E-state index contributed by atoms with van der Waals surface area (Å²) in [7, 11) is -2.32. The van der Waals surface area contributed by atoms with Crippen LogP contribution in [0.4, 0.5) is 0 Å². The molecule has 13 heavy (non-hydrogen) atoms. The third-order valence-electron chi connectivity index (χ3n) is 1.68. The van der Waals surface area contributed by atoms with Crippen LogP contribution in [0.5, 0.6) is 0 Å². The van der Waals surface area contributed by atoms with Crippen LogP contribution in [-0.2, 0) is 23.6 Å². The van der Waals surface area contributed by atoms with Crippen LogP contribution in [0.25, 0.3) is 0 Å². The number of hydrogen-bond acceptors (Lipinski definition) is 4. The Labute approximate surface area is 105 Å². The maximum Gasteiger partial charge on any atom is 1.00 e. The van der Waals surface area contributed by atoms with Crippen molar-refractivity contribution in [2.24, 2.45) is 0 Å². The Bertz CT molecular complexity index is 151. The molecule has 3 nitrogen and oxygen atoms in total. The van der Waals surface area contributed by atoms with Crippen LogP contribution < -0.4 is 29.6 Å². The molecule has 0 aromatic rings. The SMILES string of the molecule is CCCCCCCCO[S-](=O)=O.[Na+]. The third-order valence-corrected chi connectivity index (χ3v) is 2.04. The minimum absolute atomic E-state index is 0. The first-order chi connectivity index (χ1) is 5.77. The Kier molecular flexibility index (Phi) is 16.2. The molecule has 5 heteroatoms. The largest absolute Gasteiger partial charge is 1.00 e. The predicted molar refractivity (Wildman–Crippen MR) is 48.1 cm³/mol. The van der Waals surface area contributed by atoms with Gasteiger partial charge in [-0.3, -0.25) is 0 Å². The summed E-state index contributed by atoms with van der Waals surface area (Å²) in [6, 6.07) is 0. The first-order valence-corrected chi connectivity index (χ1v) is 5.50. The summed E-state index contributed by atoms with van der Waals surface area (Å²) >= 11 is 0. The van der Waals surface area contributed by atoms with Crippen molar-refractivity contribution in [3.8, 4) is 0 Å². The summed E-state index contributed by atoms with van der Waals surface area (Å²) in [5.41, 5.74) is 0. The Hall–Kier alpha value is 0.910. The van der Waals surface area contributed by atoms with Gasteiger partial charge in [0.1, 0.15) is 0 Å². The minimum atomic E-state index is -2.32. The van der Waals surface area contributed by atoms with Gasteiger partial charge in [0.25, 0.3) is 0 Å². The maximum atomic E-state index is 9.91. The molecule has 0 rings (SSSR count). The first-order valence-electron chi connectivity index (χ1n) is 4.50. The molecule has 0 fully saturated rings. The second-order valence-corrected chi connectivity index (χ2v) is 3.44. The van der Waals surface area contributed by atoms with E-state index in [-0.39, 0.29) is 29.6 Å². The molecular formula is C8H17NaO3S. The molecule has 74 valence electrons. The van der Waals surface area contributed by atoms with E-state index < -0.39 is 11.0 Å². The summed E-state index contributed by atoms with van der Waals surface area (Å²) in [5.74, 6) is 0. The molecule has 0 saturated heterocycles. The zero-order chi connectivity index (χ0) is 9.23. The Morgan fingerprint density at radius 3 is 2.08 bits per heavy atom. The maximum absolute atomic E-state index is 9.91. The van der Waals surface area contributed by atoms with Crippen molar-refractivity contribution >= 4 is 11.0 Å². The van der Waals surface area contributed by atoms with Crippen molar-refractivity contribution in [1.29, 1.82) is 0 Å². The van der Waals surface area contributed by atoms with Gasteiger partial charge in [0.05, 0.1) is 11.0 Å². The van der Waals surface area contributed by atoms with E-state index in [2.05, 4.69) is 11.1 Å². The molecule has 0 heterocycles. The number of rotatable bonds is 8. The fourth-order valence-electron chi connectivity index (χ4n) is 1.01. The molecule has 0 atom stereocenters. The molecule has 0 bridgehead atoms. The fraction of sp³-hybridized carbons (Fsp3) is 1.00. The predicted octanol–water partition coefficient (Wildman–Crippen LogP) is -0.408. The summed E-state index contributed by atoms with van der Waals surface area (Å²) in [6.45, 7) is 2.51. The van der Waals surface area contributed by atoms with Gasteiger partial charge >= 0.3 is 29.6 Å². The van der Waals surface area contributed by atoms with Crippen LogP contribution in [0.2, 0.25) is 0 Å². The van der Waals surface area contributed by atoms with Crippen LogP contribution in [0.3, 0.4) is 0 Å². The molecule has 0 unspecified atom stereocenters. The zero-order valence-electron chi connectivity index (χ0n) is 8.58. The van der Waals surface area contributed by atoms with E-state index >= 15 is 0 Å². The van der Waals surface area contributed by atoms with Crippen LogP contribution in [-0.4, -0.2) is 6.61 Å². The van der Waals surface area contributed by atoms with Gasteiger partial charge in [-0.05, 0) is 6.42 Å². The second-order valence-electron chi connectivity index (χ2n) is 2.79. The topological polar surface area (TPSA) is 43.4 Å². The molecule has 0 aliphatic carbocycles. The van der Waals surface area contributed by atoms with Gasteiger partial charge in [0.2, 0.25) is 0 Å². The van der Waals surface area contributed by atoms with E-state index in [1.54, 1.807) is 0 Å². The Morgan fingerprint density at radius 2 is 1.54 bits per heavy atom. The first kappa shape index (κ1) is 16.3. The standard InChI is InChI=1S/C8H17O3S.Na/c1-2-3-4-5-6-7-8-11-12(9)10;/h2-8H2,1H3;/q-1;+1. The van der Waals surface area contributed by atoms with Gasteiger partial charge in [-0.15, -0.1) is 0 Å². The van der Waals surface area contributed by atoms with E-state index in [0.717, 1.165) is 12.8 Å². The zero-order valence-corrected chi connectivity index (χ0v) is 11.4. The van der Waals surface area contributed by atoms with Gasteiger partial charge in [-0.25, -0.2) is 0 Å². The molecule has 0 amide bonds. The monoisotopic (exact) mass is 216 g/mol.